The smallest absolute Gasteiger partial charge is 0.245 e. The normalized spacial score (nSPS) is 26.9. The van der Waals surface area contributed by atoms with Crippen molar-refractivity contribution in [3.05, 3.63) is 70.2 Å². The molecule has 2 amide bonds. The number of sulfone groups is 1. The summed E-state index contributed by atoms with van der Waals surface area (Å²) in [5, 5.41) is 3.36. The lowest BCUT2D eigenvalue weighted by Crippen LogP contribution is -2.57. The van der Waals surface area contributed by atoms with Crippen LogP contribution in [0.4, 0.5) is 0 Å². The number of piperidine rings is 1. The van der Waals surface area contributed by atoms with Crippen molar-refractivity contribution in [2.45, 2.75) is 101 Å². The molecule has 4 aliphatic rings. The summed E-state index contributed by atoms with van der Waals surface area (Å²) in [5.74, 6) is 0.119. The van der Waals surface area contributed by atoms with E-state index in [1.807, 2.05) is 29.2 Å². The molecule has 3 N–H and O–H groups in total. The maximum atomic E-state index is 14.3. The zero-order valence-electron chi connectivity index (χ0n) is 26.6. The fourth-order valence-corrected chi connectivity index (χ4v) is 10.7. The maximum absolute atomic E-state index is 14.3. The summed E-state index contributed by atoms with van der Waals surface area (Å²) >= 11 is 6.15. The Kier molecular flexibility index (Phi) is 9.39. The Bertz CT molecular complexity index is 1500. The van der Waals surface area contributed by atoms with Crippen LogP contribution >= 0.6 is 11.6 Å². The number of rotatable bonds is 9. The van der Waals surface area contributed by atoms with E-state index in [-0.39, 0.29) is 46.8 Å². The molecule has 3 aliphatic carbocycles. The molecule has 5 atom stereocenters. The zero-order valence-corrected chi connectivity index (χ0v) is 28.2. The van der Waals surface area contributed by atoms with Gasteiger partial charge < -0.3 is 16.0 Å². The minimum absolute atomic E-state index is 0.0569. The monoisotopic (exact) mass is 653 g/mol. The summed E-state index contributed by atoms with van der Waals surface area (Å²) in [6.07, 6.45) is 8.16. The summed E-state index contributed by atoms with van der Waals surface area (Å²) in [7, 11) is -3.24. The molecule has 1 saturated heterocycles. The number of hydrogen-bond acceptors (Lipinski definition) is 5. The fourth-order valence-electron chi connectivity index (χ4n) is 8.96. The van der Waals surface area contributed by atoms with E-state index in [4.69, 9.17) is 17.3 Å². The molecule has 1 heterocycles. The van der Waals surface area contributed by atoms with Gasteiger partial charge in [0.1, 0.15) is 6.04 Å². The number of nitrogens with one attached hydrogen (secondary N) is 1. The van der Waals surface area contributed by atoms with Gasteiger partial charge in [0.05, 0.1) is 16.9 Å². The molecule has 0 spiro atoms. The second-order valence-electron chi connectivity index (χ2n) is 14.5. The molecule has 2 aromatic rings. The Morgan fingerprint density at radius 1 is 0.978 bits per heavy atom. The molecule has 7 nitrogen and oxygen atoms in total. The summed E-state index contributed by atoms with van der Waals surface area (Å²) in [4.78, 5) is 30.1. The highest BCUT2D eigenvalue weighted by atomic mass is 35.5. The molecule has 3 fully saturated rings. The van der Waals surface area contributed by atoms with Crippen molar-refractivity contribution in [2.75, 3.05) is 18.8 Å². The number of carbonyl (C=O) groups is 2. The summed E-state index contributed by atoms with van der Waals surface area (Å²) in [5.41, 5.74) is 9.76. The number of likely N-dealkylation sites (tertiary alicyclic amines) is 1. The predicted molar refractivity (Wildman–Crippen MR) is 179 cm³/mol. The highest BCUT2D eigenvalue weighted by Gasteiger charge is 2.53. The lowest BCUT2D eigenvalue weighted by atomic mass is 9.65. The molecular weight excluding hydrogens is 606 g/mol. The first-order valence-corrected chi connectivity index (χ1v) is 19.0. The van der Waals surface area contributed by atoms with Crippen LogP contribution in [0.2, 0.25) is 5.02 Å². The Hall–Kier alpha value is -2.42. The standard InChI is InChI=1S/C36H48ClN3O4S/c1-23(2)45(43,44)22-36(25-8-4-3-5-9-25)16-18-40(19-17-36)35(42)31(20-24-12-14-26(37)15-13-24)39-34(41)32-29-21-30(33(32)38)28-11-7-6-10-27(28)29/h6-7,10-15,23,25,29-33H,3-5,8-9,16-22,38H2,1-2H3,(H,39,41)/t29?,30?,31-,32?,33?/m1/s1. The minimum Gasteiger partial charge on any atom is -0.344 e. The van der Waals surface area contributed by atoms with Crippen molar-refractivity contribution in [3.8, 4) is 0 Å². The van der Waals surface area contributed by atoms with E-state index in [1.54, 1.807) is 26.0 Å². The number of nitrogens with zero attached hydrogens (tertiary/aromatic N) is 1. The van der Waals surface area contributed by atoms with Gasteiger partial charge in [-0.1, -0.05) is 67.3 Å². The van der Waals surface area contributed by atoms with Crippen molar-refractivity contribution in [1.29, 1.82) is 0 Å². The molecule has 2 bridgehead atoms. The number of carbonyl (C=O) groups excluding carboxylic acids is 2. The first-order valence-electron chi connectivity index (χ1n) is 16.9. The number of halogens is 1. The van der Waals surface area contributed by atoms with Crippen LogP contribution in [0.3, 0.4) is 0 Å². The highest BCUT2D eigenvalue weighted by Crippen LogP contribution is 2.55. The number of hydrogen-bond donors (Lipinski definition) is 2. The van der Waals surface area contributed by atoms with Crippen molar-refractivity contribution in [3.63, 3.8) is 0 Å². The fraction of sp³-hybridized carbons (Fsp3) is 0.611. The van der Waals surface area contributed by atoms with Crippen LogP contribution in [0.15, 0.2) is 48.5 Å². The van der Waals surface area contributed by atoms with Gasteiger partial charge in [-0.2, -0.15) is 0 Å². The number of benzene rings is 2. The molecule has 6 rings (SSSR count). The molecule has 1 aliphatic heterocycles. The van der Waals surface area contributed by atoms with Gasteiger partial charge in [-0.05, 0) is 92.0 Å². The molecular formula is C36H48ClN3O4S. The van der Waals surface area contributed by atoms with E-state index in [1.165, 1.54) is 17.5 Å². The van der Waals surface area contributed by atoms with Gasteiger partial charge in [0.15, 0.2) is 9.84 Å². The molecule has 2 saturated carbocycles. The third-order valence-electron chi connectivity index (χ3n) is 11.6. The van der Waals surface area contributed by atoms with Crippen LogP contribution in [0.25, 0.3) is 0 Å². The second kappa shape index (κ2) is 13.0. The summed E-state index contributed by atoms with van der Waals surface area (Å²) < 4.78 is 26.5. The molecule has 9 heteroatoms. The van der Waals surface area contributed by atoms with Gasteiger partial charge >= 0.3 is 0 Å². The molecule has 45 heavy (non-hydrogen) atoms. The largest absolute Gasteiger partial charge is 0.344 e. The van der Waals surface area contributed by atoms with Crippen LogP contribution in [-0.2, 0) is 25.8 Å². The van der Waals surface area contributed by atoms with Gasteiger partial charge in [0.25, 0.3) is 0 Å². The molecule has 2 aromatic carbocycles. The van der Waals surface area contributed by atoms with E-state index in [0.29, 0.717) is 43.3 Å². The average molecular weight is 654 g/mol. The van der Waals surface area contributed by atoms with E-state index in [2.05, 4.69) is 17.4 Å². The van der Waals surface area contributed by atoms with Gasteiger partial charge in [0.2, 0.25) is 11.8 Å². The van der Waals surface area contributed by atoms with E-state index in [9.17, 15) is 18.0 Å². The zero-order chi connectivity index (χ0) is 31.9. The van der Waals surface area contributed by atoms with E-state index < -0.39 is 21.1 Å². The third-order valence-corrected chi connectivity index (χ3v) is 14.3. The first-order chi connectivity index (χ1) is 21.5. The van der Waals surface area contributed by atoms with Crippen molar-refractivity contribution < 1.29 is 18.0 Å². The Balaban J connectivity index is 1.21. The van der Waals surface area contributed by atoms with Crippen LogP contribution in [0.1, 0.15) is 93.7 Å². The van der Waals surface area contributed by atoms with Gasteiger partial charge in [-0.25, -0.2) is 8.42 Å². The average Bonchev–Trinajstić information content (AvgIpc) is 3.58. The van der Waals surface area contributed by atoms with Crippen LogP contribution in [0.5, 0.6) is 0 Å². The predicted octanol–water partition coefficient (Wildman–Crippen LogP) is 5.61. The summed E-state index contributed by atoms with van der Waals surface area (Å²) in [6.45, 7) is 4.54. The molecule has 0 aromatic heterocycles. The highest BCUT2D eigenvalue weighted by molar-refractivity contribution is 7.92. The van der Waals surface area contributed by atoms with Crippen molar-refractivity contribution >= 4 is 33.3 Å². The van der Waals surface area contributed by atoms with E-state index in [0.717, 1.165) is 37.7 Å². The van der Waals surface area contributed by atoms with Crippen LogP contribution < -0.4 is 11.1 Å². The first kappa shape index (κ1) is 32.5. The van der Waals surface area contributed by atoms with E-state index >= 15 is 0 Å². The Morgan fingerprint density at radius 3 is 2.22 bits per heavy atom. The lowest BCUT2D eigenvalue weighted by Gasteiger charge is -2.48. The number of fused-ring (bicyclic) bond motifs is 5. The molecule has 4 unspecified atom stereocenters. The lowest BCUT2D eigenvalue weighted by molar-refractivity contribution is -0.140. The van der Waals surface area contributed by atoms with Crippen molar-refractivity contribution in [1.82, 2.24) is 10.2 Å². The molecule has 244 valence electrons. The van der Waals surface area contributed by atoms with Crippen LogP contribution in [-0.4, -0.2) is 61.3 Å². The number of amides is 2. The van der Waals surface area contributed by atoms with Gasteiger partial charge in [0, 0.05) is 36.5 Å². The summed E-state index contributed by atoms with van der Waals surface area (Å²) in [6, 6.07) is 14.6. The molecule has 0 radical (unpaired) electrons. The maximum Gasteiger partial charge on any atom is 0.245 e. The minimum atomic E-state index is -3.24. The Morgan fingerprint density at radius 2 is 1.60 bits per heavy atom. The SMILES string of the molecule is CC(C)S(=O)(=O)CC1(C2CCCCC2)CCN(C(=O)[C@@H](Cc2ccc(Cl)cc2)NC(=O)C2C3CC(c4ccccc43)C2N)CC1. The van der Waals surface area contributed by atoms with Gasteiger partial charge in [-0.3, -0.25) is 9.59 Å². The van der Waals surface area contributed by atoms with Crippen molar-refractivity contribution in [2.24, 2.45) is 23.0 Å². The third kappa shape index (κ3) is 6.44. The number of nitrogens with two attached hydrogens (primary N) is 1. The van der Waals surface area contributed by atoms with Gasteiger partial charge in [-0.15, -0.1) is 0 Å². The topological polar surface area (TPSA) is 110 Å². The Labute approximate surface area is 273 Å². The quantitative estimate of drug-likeness (QED) is 0.366. The van der Waals surface area contributed by atoms with Crippen LogP contribution in [0, 0.1) is 17.3 Å². The second-order valence-corrected chi connectivity index (χ2v) is 17.4.